The maximum absolute atomic E-state index is 12.0. The Balaban J connectivity index is 1.48. The van der Waals surface area contributed by atoms with E-state index in [0.717, 1.165) is 43.3 Å². The van der Waals surface area contributed by atoms with Gasteiger partial charge in [-0.25, -0.2) is 19.4 Å². The van der Waals surface area contributed by atoms with E-state index in [-0.39, 0.29) is 6.54 Å². The third kappa shape index (κ3) is 6.97. The Hall–Kier alpha value is -3.04. The summed E-state index contributed by atoms with van der Waals surface area (Å²) in [5.41, 5.74) is 4.74. The van der Waals surface area contributed by atoms with E-state index in [4.69, 9.17) is 11.6 Å². The first kappa shape index (κ1) is 24.6. The number of carbonyl (C=O) groups excluding carboxylic acids is 2. The van der Waals surface area contributed by atoms with E-state index in [9.17, 15) is 22.8 Å². The van der Waals surface area contributed by atoms with Crippen molar-refractivity contribution in [2.24, 2.45) is 0 Å². The van der Waals surface area contributed by atoms with Gasteiger partial charge in [0, 0.05) is 35.6 Å². The number of alkyl halides is 3. The van der Waals surface area contributed by atoms with Crippen molar-refractivity contribution in [1.29, 1.82) is 0 Å². The number of benzene rings is 2. The number of carbonyl (C=O) groups is 2. The summed E-state index contributed by atoms with van der Waals surface area (Å²) < 4.78 is 35.9. The zero-order chi connectivity index (χ0) is 23.8. The molecule has 1 aliphatic rings. The molecule has 10 heteroatoms. The molecular formula is C23H22ClF3N2O4. The van der Waals surface area contributed by atoms with Crippen molar-refractivity contribution in [2.45, 2.75) is 25.4 Å². The van der Waals surface area contributed by atoms with Crippen LogP contribution in [0.1, 0.15) is 17.5 Å². The third-order valence-electron chi connectivity index (χ3n) is 4.97. The molecule has 0 aromatic heterocycles. The number of aryl methyl sites for hydroxylation is 2. The zero-order valence-corrected chi connectivity index (χ0v) is 18.3. The summed E-state index contributed by atoms with van der Waals surface area (Å²) in [6.45, 7) is 1.63. The van der Waals surface area contributed by atoms with Crippen LogP contribution in [0.2, 0.25) is 5.02 Å². The highest BCUT2D eigenvalue weighted by Gasteiger charge is 2.43. The molecule has 0 aliphatic carbocycles. The highest BCUT2D eigenvalue weighted by Crippen LogP contribution is 2.37. The number of rotatable bonds is 7. The van der Waals surface area contributed by atoms with E-state index in [1.807, 2.05) is 24.3 Å². The maximum Gasteiger partial charge on any atom is 0.495 e. The Morgan fingerprint density at radius 3 is 2.55 bits per heavy atom. The average Bonchev–Trinajstić information content (AvgIpc) is 2.93. The first-order valence-electron chi connectivity index (χ1n) is 10.3. The van der Waals surface area contributed by atoms with Gasteiger partial charge in [0.1, 0.15) is 0 Å². The molecule has 176 valence electrons. The lowest BCUT2D eigenvalue weighted by molar-refractivity contribution is -0.282. The quantitative estimate of drug-likeness (QED) is 0.267. The minimum Gasteiger partial charge on any atom is -0.341 e. The summed E-state index contributed by atoms with van der Waals surface area (Å²) in [4.78, 5) is 31.2. The number of nitrogens with zero attached hydrogens (tertiary/aromatic N) is 1. The highest BCUT2D eigenvalue weighted by molar-refractivity contribution is 6.30. The van der Waals surface area contributed by atoms with Gasteiger partial charge in [-0.2, -0.15) is 13.2 Å². The Kier molecular flexibility index (Phi) is 8.35. The van der Waals surface area contributed by atoms with Crippen LogP contribution >= 0.6 is 11.6 Å². The predicted molar refractivity (Wildman–Crippen MR) is 117 cm³/mol. The fourth-order valence-electron chi connectivity index (χ4n) is 3.48. The molecular weight excluding hydrogens is 461 g/mol. The molecule has 3 rings (SSSR count). The van der Waals surface area contributed by atoms with E-state index in [1.54, 1.807) is 0 Å². The minimum atomic E-state index is -5.23. The van der Waals surface area contributed by atoms with Crippen molar-refractivity contribution in [3.63, 3.8) is 0 Å². The predicted octanol–water partition coefficient (Wildman–Crippen LogP) is 4.68. The fraction of sp³-hybridized carbons (Fsp3) is 0.304. The number of halogens is 4. The van der Waals surface area contributed by atoms with E-state index in [2.05, 4.69) is 38.2 Å². The molecule has 2 aromatic rings. The van der Waals surface area contributed by atoms with E-state index >= 15 is 0 Å². The van der Waals surface area contributed by atoms with Crippen LogP contribution in [0.5, 0.6) is 0 Å². The molecule has 0 spiro atoms. The Bertz CT molecular complexity index is 1030. The summed E-state index contributed by atoms with van der Waals surface area (Å²) in [5.74, 6) is -3.82. The van der Waals surface area contributed by atoms with Gasteiger partial charge in [0.15, 0.2) is 0 Å². The number of nitrogens with one attached hydrogen (secondary N) is 1. The van der Waals surface area contributed by atoms with Crippen molar-refractivity contribution in [2.75, 3.05) is 24.5 Å². The topological polar surface area (TPSA) is 67.9 Å². The van der Waals surface area contributed by atoms with Crippen molar-refractivity contribution < 1.29 is 32.5 Å². The second-order valence-corrected chi connectivity index (χ2v) is 7.72. The first-order valence-corrected chi connectivity index (χ1v) is 10.6. The van der Waals surface area contributed by atoms with Crippen LogP contribution in [-0.2, 0) is 32.2 Å². The van der Waals surface area contributed by atoms with Crippen molar-refractivity contribution in [1.82, 2.24) is 5.32 Å². The van der Waals surface area contributed by atoms with Gasteiger partial charge < -0.3 is 10.2 Å². The smallest absolute Gasteiger partial charge is 0.341 e. The molecule has 0 atom stereocenters. The first-order chi connectivity index (χ1) is 15.8. The number of anilines is 2. The minimum absolute atomic E-state index is 0.279. The summed E-state index contributed by atoms with van der Waals surface area (Å²) in [6.07, 6.45) is -0.344. The molecule has 6 nitrogen and oxygen atoms in total. The van der Waals surface area contributed by atoms with E-state index < -0.39 is 18.1 Å². The second-order valence-electron chi connectivity index (χ2n) is 7.28. The molecule has 0 radical (unpaired) electrons. The number of fused-ring (bicyclic) bond motifs is 2. The van der Waals surface area contributed by atoms with Crippen LogP contribution in [0, 0.1) is 0 Å². The van der Waals surface area contributed by atoms with Crippen LogP contribution in [-0.4, -0.2) is 37.7 Å². The SMILES string of the molecule is O=C(/C=C/CNCCCN1c2ccccc2CCc2ccc(Cl)cc21)OOC(=O)C(F)(F)F. The van der Waals surface area contributed by atoms with Gasteiger partial charge in [-0.1, -0.05) is 41.9 Å². The van der Waals surface area contributed by atoms with Gasteiger partial charge in [-0.05, 0) is 55.1 Å². The van der Waals surface area contributed by atoms with Crippen LogP contribution in [0.25, 0.3) is 0 Å². The third-order valence-corrected chi connectivity index (χ3v) is 5.20. The molecule has 0 saturated heterocycles. The van der Waals surface area contributed by atoms with Crippen LogP contribution in [0.3, 0.4) is 0 Å². The maximum atomic E-state index is 12.0. The molecule has 1 aliphatic heterocycles. The van der Waals surface area contributed by atoms with Gasteiger partial charge in [-0.3, -0.25) is 0 Å². The number of hydrogen-bond acceptors (Lipinski definition) is 6. The lowest BCUT2D eigenvalue weighted by Crippen LogP contribution is -2.26. The number of hydrogen-bond donors (Lipinski definition) is 1. The van der Waals surface area contributed by atoms with Gasteiger partial charge in [0.2, 0.25) is 0 Å². The molecule has 0 fully saturated rings. The largest absolute Gasteiger partial charge is 0.495 e. The molecule has 0 saturated carbocycles. The molecule has 1 heterocycles. The fourth-order valence-corrected chi connectivity index (χ4v) is 3.65. The second kappa shape index (κ2) is 11.2. The highest BCUT2D eigenvalue weighted by atomic mass is 35.5. The van der Waals surface area contributed by atoms with Crippen molar-refractivity contribution >= 4 is 34.9 Å². The van der Waals surface area contributed by atoms with E-state index in [0.29, 0.717) is 11.6 Å². The van der Waals surface area contributed by atoms with Gasteiger partial charge >= 0.3 is 18.1 Å². The van der Waals surface area contributed by atoms with E-state index in [1.165, 1.54) is 17.2 Å². The summed E-state index contributed by atoms with van der Waals surface area (Å²) in [6, 6.07) is 14.2. The van der Waals surface area contributed by atoms with Crippen molar-refractivity contribution in [3.8, 4) is 0 Å². The lowest BCUT2D eigenvalue weighted by Gasteiger charge is -2.27. The molecule has 0 amide bonds. The van der Waals surface area contributed by atoms with Crippen LogP contribution in [0.4, 0.5) is 24.5 Å². The molecule has 2 aromatic carbocycles. The standard InChI is InChI=1S/C23H22ClF3N2O4/c24-18-11-10-17-9-8-16-5-1-2-6-19(16)29(20(17)15-18)14-4-13-28-12-3-7-21(30)32-33-22(31)23(25,26)27/h1-3,5-7,10-11,15,28H,4,8-9,12-14H2/b7-3+. The summed E-state index contributed by atoms with van der Waals surface area (Å²) >= 11 is 6.26. The number of para-hydroxylation sites is 1. The summed E-state index contributed by atoms with van der Waals surface area (Å²) in [7, 11) is 0. The Labute approximate surface area is 193 Å². The average molecular weight is 483 g/mol. The van der Waals surface area contributed by atoms with Crippen molar-refractivity contribution in [3.05, 3.63) is 70.8 Å². The van der Waals surface area contributed by atoms with Crippen LogP contribution in [0.15, 0.2) is 54.6 Å². The molecule has 33 heavy (non-hydrogen) atoms. The molecule has 0 bridgehead atoms. The Morgan fingerprint density at radius 1 is 1.06 bits per heavy atom. The summed E-state index contributed by atoms with van der Waals surface area (Å²) in [5, 5.41) is 3.78. The van der Waals surface area contributed by atoms with Gasteiger partial charge in [0.05, 0.1) is 0 Å². The Morgan fingerprint density at radius 2 is 1.79 bits per heavy atom. The van der Waals surface area contributed by atoms with Crippen LogP contribution < -0.4 is 10.2 Å². The van der Waals surface area contributed by atoms with Gasteiger partial charge in [0.25, 0.3) is 0 Å². The molecule has 1 N–H and O–H groups in total. The zero-order valence-electron chi connectivity index (χ0n) is 17.5. The van der Waals surface area contributed by atoms with Gasteiger partial charge in [-0.15, -0.1) is 0 Å². The monoisotopic (exact) mass is 482 g/mol. The normalized spacial score (nSPS) is 13.3. The lowest BCUT2D eigenvalue weighted by atomic mass is 10.0. The molecule has 0 unspecified atom stereocenters.